The first kappa shape index (κ1) is 15.5. The van der Waals surface area contributed by atoms with E-state index in [1.165, 1.54) is 10.9 Å². The molecule has 0 unspecified atom stereocenters. The molecule has 0 saturated carbocycles. The molecule has 1 aromatic carbocycles. The Morgan fingerprint density at radius 2 is 1.86 bits per heavy atom. The molecule has 0 spiro atoms. The summed E-state index contributed by atoms with van der Waals surface area (Å²) in [4.78, 5) is 11.6. The first-order valence-electron chi connectivity index (χ1n) is 5.69. The number of benzene rings is 1. The molecule has 0 fully saturated rings. The van der Waals surface area contributed by atoms with Crippen molar-refractivity contribution in [3.63, 3.8) is 0 Å². The van der Waals surface area contributed by atoms with E-state index in [0.717, 1.165) is 0 Å². The summed E-state index contributed by atoms with van der Waals surface area (Å²) in [5.41, 5.74) is -1.14. The van der Waals surface area contributed by atoms with Gasteiger partial charge >= 0.3 is 0 Å². The topological polar surface area (TPSA) is 46.9 Å². The summed E-state index contributed by atoms with van der Waals surface area (Å²) < 4.78 is 54.8. The van der Waals surface area contributed by atoms with Gasteiger partial charge in [-0.2, -0.15) is 5.10 Å². The molecule has 0 radical (unpaired) electrons. The Hall–Kier alpha value is -1.90. The highest BCUT2D eigenvalue weighted by atomic mass is 79.9. The van der Waals surface area contributed by atoms with Crippen LogP contribution in [0.15, 0.2) is 22.9 Å². The van der Waals surface area contributed by atoms with Gasteiger partial charge in [0, 0.05) is 25.2 Å². The van der Waals surface area contributed by atoms with Crippen molar-refractivity contribution in [2.45, 2.75) is 13.0 Å². The number of hydrogen-bond acceptors (Lipinski definition) is 2. The zero-order valence-corrected chi connectivity index (χ0v) is 11.9. The van der Waals surface area contributed by atoms with E-state index in [0.29, 0.717) is 4.47 Å². The molecule has 0 atom stereocenters. The average molecular weight is 366 g/mol. The second-order valence-corrected chi connectivity index (χ2v) is 4.98. The van der Waals surface area contributed by atoms with Crippen LogP contribution < -0.4 is 5.32 Å². The van der Waals surface area contributed by atoms with E-state index in [9.17, 15) is 22.4 Å². The van der Waals surface area contributed by atoms with Gasteiger partial charge in [-0.15, -0.1) is 0 Å². The van der Waals surface area contributed by atoms with Gasteiger partial charge in [-0.25, -0.2) is 17.6 Å². The number of carbonyl (C=O) groups is 1. The van der Waals surface area contributed by atoms with Crippen molar-refractivity contribution in [2.24, 2.45) is 0 Å². The molecule has 0 aliphatic carbocycles. The lowest BCUT2D eigenvalue weighted by molar-refractivity contribution is -0.116. The minimum atomic E-state index is -1.65. The quantitative estimate of drug-likeness (QED) is 0.667. The van der Waals surface area contributed by atoms with E-state index in [4.69, 9.17) is 0 Å². The van der Waals surface area contributed by atoms with Crippen LogP contribution >= 0.6 is 15.9 Å². The molecule has 21 heavy (non-hydrogen) atoms. The van der Waals surface area contributed by atoms with E-state index in [-0.39, 0.29) is 19.0 Å². The molecule has 9 heteroatoms. The van der Waals surface area contributed by atoms with E-state index in [2.05, 4.69) is 21.0 Å². The fraction of sp³-hybridized carbons (Fsp3) is 0.167. The largest absolute Gasteiger partial charge is 0.321 e. The predicted molar refractivity (Wildman–Crippen MR) is 69.4 cm³/mol. The molecule has 2 rings (SSSR count). The third kappa shape index (κ3) is 3.60. The van der Waals surface area contributed by atoms with Gasteiger partial charge in [-0.05, 0) is 15.9 Å². The first-order valence-corrected chi connectivity index (χ1v) is 6.48. The minimum Gasteiger partial charge on any atom is -0.321 e. The van der Waals surface area contributed by atoms with Gasteiger partial charge < -0.3 is 5.32 Å². The number of carbonyl (C=O) groups excluding carboxylic acids is 1. The van der Waals surface area contributed by atoms with Crippen LogP contribution in [0.5, 0.6) is 0 Å². The smallest absolute Gasteiger partial charge is 0.226 e. The second-order valence-electron chi connectivity index (χ2n) is 4.06. The number of halogens is 5. The molecule has 1 amide bonds. The molecule has 0 bridgehead atoms. The summed E-state index contributed by atoms with van der Waals surface area (Å²) in [6, 6.07) is 0.0710. The monoisotopic (exact) mass is 365 g/mol. The Morgan fingerprint density at radius 1 is 1.24 bits per heavy atom. The number of nitrogens with one attached hydrogen (secondary N) is 1. The highest BCUT2D eigenvalue weighted by Crippen LogP contribution is 2.24. The second kappa shape index (κ2) is 6.25. The van der Waals surface area contributed by atoms with Crippen molar-refractivity contribution in [1.82, 2.24) is 9.78 Å². The SMILES string of the molecule is O=C(CCn1cc(Br)cn1)Nc1c(F)c(F)cc(F)c1F. The molecular weight excluding hydrogens is 358 g/mol. The van der Waals surface area contributed by atoms with E-state index in [1.54, 1.807) is 6.20 Å². The fourth-order valence-corrected chi connectivity index (χ4v) is 1.89. The maximum absolute atomic E-state index is 13.3. The molecule has 0 saturated heterocycles. The van der Waals surface area contributed by atoms with Crippen molar-refractivity contribution in [2.75, 3.05) is 5.32 Å². The molecule has 2 aromatic rings. The third-order valence-electron chi connectivity index (χ3n) is 2.55. The van der Waals surface area contributed by atoms with Crippen molar-refractivity contribution < 1.29 is 22.4 Å². The predicted octanol–water partition coefficient (Wildman–Crippen LogP) is 3.23. The Kier molecular flexibility index (Phi) is 4.61. The van der Waals surface area contributed by atoms with E-state index in [1.807, 2.05) is 5.32 Å². The summed E-state index contributed by atoms with van der Waals surface area (Å²) in [6.07, 6.45) is 2.92. The summed E-state index contributed by atoms with van der Waals surface area (Å²) in [5.74, 6) is -7.27. The number of anilines is 1. The maximum atomic E-state index is 13.3. The molecule has 1 N–H and O–H groups in total. The standard InChI is InChI=1S/C12H8BrF4N3O/c13-6-4-18-20(5-6)2-1-9(21)19-12-10(16)7(14)3-8(15)11(12)17/h3-5H,1-2H2,(H,19,21). The van der Waals surface area contributed by atoms with Gasteiger partial charge in [-0.1, -0.05) is 0 Å². The van der Waals surface area contributed by atoms with Crippen LogP contribution in [-0.2, 0) is 11.3 Å². The number of rotatable bonds is 4. The molecule has 1 heterocycles. The van der Waals surface area contributed by atoms with Crippen LogP contribution in [0.4, 0.5) is 23.2 Å². The molecular formula is C12H8BrF4N3O. The van der Waals surface area contributed by atoms with Crippen molar-refractivity contribution in [1.29, 1.82) is 0 Å². The van der Waals surface area contributed by atoms with Gasteiger partial charge in [0.05, 0.1) is 10.7 Å². The Labute approximate surface area is 124 Å². The zero-order valence-electron chi connectivity index (χ0n) is 10.3. The van der Waals surface area contributed by atoms with Crippen molar-refractivity contribution in [3.05, 3.63) is 46.2 Å². The number of hydrogen-bond donors (Lipinski definition) is 1. The third-order valence-corrected chi connectivity index (χ3v) is 2.96. The summed E-state index contributed by atoms with van der Waals surface area (Å²) in [6.45, 7) is 0.137. The van der Waals surface area contributed by atoms with Crippen molar-refractivity contribution >= 4 is 27.5 Å². The highest BCUT2D eigenvalue weighted by Gasteiger charge is 2.20. The summed E-state index contributed by atoms with van der Waals surface area (Å²) in [5, 5.41) is 5.70. The lowest BCUT2D eigenvalue weighted by atomic mass is 10.2. The molecule has 0 aliphatic heterocycles. The average Bonchev–Trinajstić information content (AvgIpc) is 2.85. The molecule has 1 aromatic heterocycles. The van der Waals surface area contributed by atoms with Gasteiger partial charge in [0.15, 0.2) is 23.3 Å². The van der Waals surface area contributed by atoms with Crippen LogP contribution in [0.2, 0.25) is 0 Å². The Bertz CT molecular complexity index is 663. The number of aromatic nitrogens is 2. The van der Waals surface area contributed by atoms with Crippen LogP contribution in [-0.4, -0.2) is 15.7 Å². The van der Waals surface area contributed by atoms with E-state index < -0.39 is 34.9 Å². The summed E-state index contributed by atoms with van der Waals surface area (Å²) >= 11 is 3.16. The number of aryl methyl sites for hydroxylation is 1. The number of nitrogens with zero attached hydrogens (tertiary/aromatic N) is 2. The molecule has 112 valence electrons. The zero-order chi connectivity index (χ0) is 15.6. The van der Waals surface area contributed by atoms with E-state index >= 15 is 0 Å². The maximum Gasteiger partial charge on any atom is 0.226 e. The first-order chi connectivity index (χ1) is 9.88. The molecule has 4 nitrogen and oxygen atoms in total. The summed E-state index contributed by atoms with van der Waals surface area (Å²) in [7, 11) is 0. The Morgan fingerprint density at radius 3 is 2.38 bits per heavy atom. The van der Waals surface area contributed by atoms with Crippen molar-refractivity contribution in [3.8, 4) is 0 Å². The van der Waals surface area contributed by atoms with Gasteiger partial charge in [0.1, 0.15) is 5.69 Å². The van der Waals surface area contributed by atoms with Gasteiger partial charge in [0.2, 0.25) is 5.91 Å². The lowest BCUT2D eigenvalue weighted by Gasteiger charge is -2.09. The molecule has 0 aliphatic rings. The lowest BCUT2D eigenvalue weighted by Crippen LogP contribution is -2.17. The minimum absolute atomic E-state index is 0.0710. The fourth-order valence-electron chi connectivity index (χ4n) is 1.56. The van der Waals surface area contributed by atoms with Crippen LogP contribution in [0.1, 0.15) is 6.42 Å². The Balaban J connectivity index is 2.06. The normalized spacial score (nSPS) is 10.7. The van der Waals surface area contributed by atoms with Crippen LogP contribution in [0, 0.1) is 23.3 Å². The van der Waals surface area contributed by atoms with Gasteiger partial charge in [-0.3, -0.25) is 9.48 Å². The van der Waals surface area contributed by atoms with Gasteiger partial charge in [0.25, 0.3) is 0 Å². The van der Waals surface area contributed by atoms with Crippen LogP contribution in [0.3, 0.4) is 0 Å². The highest BCUT2D eigenvalue weighted by molar-refractivity contribution is 9.10. The number of amides is 1. The van der Waals surface area contributed by atoms with Crippen LogP contribution in [0.25, 0.3) is 0 Å².